The van der Waals surface area contributed by atoms with Crippen LogP contribution in [-0.2, 0) is 10.8 Å². The van der Waals surface area contributed by atoms with E-state index in [0.717, 1.165) is 5.56 Å². The van der Waals surface area contributed by atoms with Crippen LogP contribution in [0.5, 0.6) is 0 Å². The molecule has 0 aliphatic heterocycles. The van der Waals surface area contributed by atoms with E-state index in [0.29, 0.717) is 5.69 Å². The van der Waals surface area contributed by atoms with Gasteiger partial charge in [-0.25, -0.2) is 4.98 Å². The van der Waals surface area contributed by atoms with Crippen LogP contribution in [0.3, 0.4) is 0 Å². The van der Waals surface area contributed by atoms with Crippen LogP contribution in [-0.4, -0.2) is 9.55 Å². The summed E-state index contributed by atoms with van der Waals surface area (Å²) < 4.78 is -0.516. The summed E-state index contributed by atoms with van der Waals surface area (Å²) in [6, 6.07) is 10.7. The SMILES string of the molecule is Cn1c(C(Cl)(Cl)Cl)nc(-c2ccccc2)cc1=O. The highest BCUT2D eigenvalue weighted by atomic mass is 35.6. The van der Waals surface area contributed by atoms with Crippen molar-refractivity contribution >= 4 is 34.8 Å². The molecule has 0 saturated heterocycles. The van der Waals surface area contributed by atoms with E-state index in [1.807, 2.05) is 30.3 Å². The van der Waals surface area contributed by atoms with Gasteiger partial charge in [0.2, 0.25) is 3.79 Å². The zero-order valence-electron chi connectivity index (χ0n) is 9.40. The standard InChI is InChI=1S/C12H9Cl3N2O/c1-17-10(18)7-9(8-5-3-2-4-6-8)16-11(17)12(13,14)15/h2-7H,1H3. The Balaban J connectivity index is 2.66. The summed E-state index contributed by atoms with van der Waals surface area (Å²) in [7, 11) is 1.52. The van der Waals surface area contributed by atoms with E-state index in [1.54, 1.807) is 0 Å². The van der Waals surface area contributed by atoms with Crippen LogP contribution in [0, 0.1) is 0 Å². The van der Waals surface area contributed by atoms with Crippen LogP contribution < -0.4 is 5.56 Å². The average molecular weight is 304 g/mol. The quantitative estimate of drug-likeness (QED) is 0.758. The first-order valence-electron chi connectivity index (χ1n) is 5.10. The highest BCUT2D eigenvalue weighted by Crippen LogP contribution is 2.36. The first-order valence-corrected chi connectivity index (χ1v) is 6.23. The van der Waals surface area contributed by atoms with E-state index < -0.39 is 3.79 Å². The predicted molar refractivity (Wildman–Crippen MR) is 74.2 cm³/mol. The summed E-state index contributed by atoms with van der Waals surface area (Å²) in [6.45, 7) is 0. The second-order valence-electron chi connectivity index (χ2n) is 3.73. The Labute approximate surface area is 119 Å². The molecular weight excluding hydrogens is 295 g/mol. The van der Waals surface area contributed by atoms with Crippen LogP contribution in [0.1, 0.15) is 5.82 Å². The third-order valence-electron chi connectivity index (χ3n) is 2.46. The lowest BCUT2D eigenvalue weighted by atomic mass is 10.1. The summed E-state index contributed by atoms with van der Waals surface area (Å²) in [6.07, 6.45) is 0. The summed E-state index contributed by atoms with van der Waals surface area (Å²) >= 11 is 17.4. The lowest BCUT2D eigenvalue weighted by Crippen LogP contribution is -2.25. The minimum atomic E-state index is -1.74. The van der Waals surface area contributed by atoms with Crippen molar-refractivity contribution < 1.29 is 0 Å². The van der Waals surface area contributed by atoms with Gasteiger partial charge in [0.25, 0.3) is 5.56 Å². The Bertz CT molecular complexity index is 617. The smallest absolute Gasteiger partial charge is 0.253 e. The molecule has 1 heterocycles. The Morgan fingerprint density at radius 3 is 2.33 bits per heavy atom. The topological polar surface area (TPSA) is 34.9 Å². The Kier molecular flexibility index (Phi) is 3.66. The van der Waals surface area contributed by atoms with Gasteiger partial charge >= 0.3 is 0 Å². The zero-order chi connectivity index (χ0) is 13.3. The second kappa shape index (κ2) is 4.92. The highest BCUT2D eigenvalue weighted by molar-refractivity contribution is 6.66. The molecule has 0 fully saturated rings. The monoisotopic (exact) mass is 302 g/mol. The van der Waals surface area contributed by atoms with Crippen molar-refractivity contribution in [3.63, 3.8) is 0 Å². The molecular formula is C12H9Cl3N2O. The largest absolute Gasteiger partial charge is 0.296 e. The van der Waals surface area contributed by atoms with Gasteiger partial charge in [0.05, 0.1) is 5.69 Å². The number of benzene rings is 1. The Morgan fingerprint density at radius 1 is 1.17 bits per heavy atom. The third kappa shape index (κ3) is 2.69. The first kappa shape index (κ1) is 13.4. The van der Waals surface area contributed by atoms with E-state index in [2.05, 4.69) is 4.98 Å². The molecule has 0 aliphatic carbocycles. The van der Waals surface area contributed by atoms with E-state index in [1.165, 1.54) is 17.7 Å². The van der Waals surface area contributed by atoms with Crippen molar-refractivity contribution in [3.8, 4) is 11.3 Å². The highest BCUT2D eigenvalue weighted by Gasteiger charge is 2.28. The summed E-state index contributed by atoms with van der Waals surface area (Å²) in [5, 5.41) is 0. The summed E-state index contributed by atoms with van der Waals surface area (Å²) in [5.74, 6) is 0.0962. The van der Waals surface area contributed by atoms with E-state index in [4.69, 9.17) is 34.8 Å². The molecule has 2 aromatic rings. The normalized spacial score (nSPS) is 11.6. The second-order valence-corrected chi connectivity index (χ2v) is 6.01. The van der Waals surface area contributed by atoms with Gasteiger partial charge in [-0.1, -0.05) is 65.1 Å². The molecule has 0 unspecified atom stereocenters. The average Bonchev–Trinajstić information content (AvgIpc) is 2.32. The van der Waals surface area contributed by atoms with Crippen LogP contribution in [0.25, 0.3) is 11.3 Å². The molecule has 18 heavy (non-hydrogen) atoms. The molecule has 0 bridgehead atoms. The fourth-order valence-corrected chi connectivity index (χ4v) is 2.06. The molecule has 0 spiro atoms. The molecule has 2 rings (SSSR count). The van der Waals surface area contributed by atoms with Crippen molar-refractivity contribution in [3.05, 3.63) is 52.6 Å². The van der Waals surface area contributed by atoms with Crippen molar-refractivity contribution in [1.29, 1.82) is 0 Å². The maximum absolute atomic E-state index is 11.8. The molecule has 0 radical (unpaired) electrons. The molecule has 0 atom stereocenters. The van der Waals surface area contributed by atoms with E-state index >= 15 is 0 Å². The van der Waals surface area contributed by atoms with Gasteiger partial charge in [0.15, 0.2) is 5.82 Å². The zero-order valence-corrected chi connectivity index (χ0v) is 11.7. The Hall–Kier alpha value is -1.03. The molecule has 0 saturated carbocycles. The number of alkyl halides is 3. The number of halogens is 3. The van der Waals surface area contributed by atoms with Crippen LogP contribution in [0.15, 0.2) is 41.2 Å². The lowest BCUT2D eigenvalue weighted by molar-refractivity contribution is 0.746. The van der Waals surface area contributed by atoms with Gasteiger partial charge in [-0.2, -0.15) is 0 Å². The number of hydrogen-bond acceptors (Lipinski definition) is 2. The molecule has 0 N–H and O–H groups in total. The van der Waals surface area contributed by atoms with Gasteiger partial charge in [-0.05, 0) is 0 Å². The number of nitrogens with zero attached hydrogens (tertiary/aromatic N) is 2. The van der Waals surface area contributed by atoms with Crippen molar-refractivity contribution in [2.45, 2.75) is 3.79 Å². The van der Waals surface area contributed by atoms with Crippen molar-refractivity contribution in [2.75, 3.05) is 0 Å². The fourth-order valence-electron chi connectivity index (χ4n) is 1.55. The molecule has 6 heteroatoms. The maximum Gasteiger partial charge on any atom is 0.253 e. The molecule has 1 aromatic heterocycles. The third-order valence-corrected chi connectivity index (χ3v) is 2.97. The number of aromatic nitrogens is 2. The van der Waals surface area contributed by atoms with Gasteiger partial charge in [-0.15, -0.1) is 0 Å². The minimum absolute atomic E-state index is 0.0962. The van der Waals surface area contributed by atoms with Gasteiger partial charge < -0.3 is 0 Å². The summed E-state index contributed by atoms with van der Waals surface area (Å²) in [5.41, 5.74) is 1.01. The first-order chi connectivity index (χ1) is 8.39. The maximum atomic E-state index is 11.8. The van der Waals surface area contributed by atoms with E-state index in [9.17, 15) is 4.79 Å². The van der Waals surface area contributed by atoms with Crippen molar-refractivity contribution in [2.24, 2.45) is 7.05 Å². The number of rotatable bonds is 1. The summed E-state index contributed by atoms with van der Waals surface area (Å²) in [4.78, 5) is 16.1. The predicted octanol–water partition coefficient (Wildman–Crippen LogP) is 3.27. The Morgan fingerprint density at radius 2 is 1.78 bits per heavy atom. The minimum Gasteiger partial charge on any atom is -0.296 e. The van der Waals surface area contributed by atoms with Gasteiger partial charge in [0.1, 0.15) is 0 Å². The van der Waals surface area contributed by atoms with Gasteiger partial charge in [0, 0.05) is 18.7 Å². The molecule has 0 aliphatic rings. The molecule has 1 aromatic carbocycles. The van der Waals surface area contributed by atoms with Crippen LogP contribution in [0.2, 0.25) is 0 Å². The van der Waals surface area contributed by atoms with Gasteiger partial charge in [-0.3, -0.25) is 9.36 Å². The molecule has 0 amide bonds. The van der Waals surface area contributed by atoms with Crippen molar-refractivity contribution in [1.82, 2.24) is 9.55 Å². The fraction of sp³-hybridized carbons (Fsp3) is 0.167. The molecule has 3 nitrogen and oxygen atoms in total. The number of hydrogen-bond donors (Lipinski definition) is 0. The van der Waals surface area contributed by atoms with E-state index in [-0.39, 0.29) is 11.4 Å². The molecule has 94 valence electrons. The van der Waals surface area contributed by atoms with Crippen LogP contribution in [0.4, 0.5) is 0 Å². The lowest BCUT2D eigenvalue weighted by Gasteiger charge is -2.15. The van der Waals surface area contributed by atoms with Crippen LogP contribution >= 0.6 is 34.8 Å².